The number of furan rings is 1. The van der Waals surface area contributed by atoms with Crippen molar-refractivity contribution >= 4 is 54.4 Å². The first kappa shape index (κ1) is 16.7. The number of rotatable bonds is 3. The molecule has 2 aromatic carbocycles. The van der Waals surface area contributed by atoms with E-state index >= 15 is 0 Å². The lowest BCUT2D eigenvalue weighted by Crippen LogP contribution is -2.18. The lowest BCUT2D eigenvalue weighted by Gasteiger charge is -2.03. The van der Waals surface area contributed by atoms with Gasteiger partial charge in [-0.25, -0.2) is 5.43 Å². The smallest absolute Gasteiger partial charge is 0.307 e. The molecule has 0 unspecified atom stereocenters. The van der Waals surface area contributed by atoms with Gasteiger partial charge in [0.25, 0.3) is 0 Å². The lowest BCUT2D eigenvalue weighted by molar-refractivity contribution is 0.0929. The summed E-state index contributed by atoms with van der Waals surface area (Å²) in [6.07, 6.45) is 0. The predicted molar refractivity (Wildman–Crippen MR) is 99.4 cm³/mol. The fourth-order valence-corrected chi connectivity index (χ4v) is 2.87. The van der Waals surface area contributed by atoms with Gasteiger partial charge < -0.3 is 9.52 Å². The molecule has 5 nitrogen and oxygen atoms in total. The molecule has 7 heteroatoms. The Labute approximate surface area is 154 Å². The minimum Gasteiger partial charge on any atom is -0.507 e. The zero-order chi connectivity index (χ0) is 17.3. The van der Waals surface area contributed by atoms with Gasteiger partial charge in [-0.2, -0.15) is 5.10 Å². The predicted octanol–water partition coefficient (Wildman–Crippen LogP) is 4.82. The summed E-state index contributed by atoms with van der Waals surface area (Å²) in [5.41, 5.74) is 4.48. The molecule has 2 N–H and O–H groups in total. The number of amides is 1. The van der Waals surface area contributed by atoms with Crippen LogP contribution in [0.3, 0.4) is 0 Å². The van der Waals surface area contributed by atoms with Crippen molar-refractivity contribution in [2.45, 2.75) is 6.92 Å². The second-order valence-electron chi connectivity index (χ2n) is 5.10. The van der Waals surface area contributed by atoms with Crippen molar-refractivity contribution in [2.24, 2.45) is 5.10 Å². The van der Waals surface area contributed by atoms with Gasteiger partial charge in [0.1, 0.15) is 11.3 Å². The van der Waals surface area contributed by atoms with Crippen LogP contribution in [0.15, 0.2) is 60.9 Å². The minimum atomic E-state index is -0.431. The van der Waals surface area contributed by atoms with E-state index in [4.69, 9.17) is 4.42 Å². The number of hydrazone groups is 1. The highest BCUT2D eigenvalue weighted by molar-refractivity contribution is 9.10. The van der Waals surface area contributed by atoms with Crippen LogP contribution in [0.5, 0.6) is 5.75 Å². The Morgan fingerprint density at radius 2 is 1.96 bits per heavy atom. The van der Waals surface area contributed by atoms with Crippen molar-refractivity contribution in [3.8, 4) is 5.75 Å². The molecular weight excluding hydrogens is 440 g/mol. The Bertz CT molecular complexity index is 964. The number of benzene rings is 2. The molecule has 0 spiro atoms. The summed E-state index contributed by atoms with van der Waals surface area (Å²) in [4.78, 5) is 12.2. The van der Waals surface area contributed by atoms with Crippen LogP contribution in [-0.2, 0) is 0 Å². The van der Waals surface area contributed by atoms with Crippen molar-refractivity contribution in [3.05, 3.63) is 62.7 Å². The molecule has 0 atom stereocenters. The molecule has 0 aliphatic carbocycles. The maximum absolute atomic E-state index is 12.2. The van der Waals surface area contributed by atoms with Crippen LogP contribution in [0.1, 0.15) is 23.0 Å². The van der Waals surface area contributed by atoms with Gasteiger partial charge in [-0.1, -0.05) is 15.9 Å². The minimum absolute atomic E-state index is 0.143. The highest BCUT2D eigenvalue weighted by atomic mass is 79.9. The van der Waals surface area contributed by atoms with Gasteiger partial charge in [0.05, 0.1) is 10.2 Å². The number of nitrogens with one attached hydrogen (secondary N) is 1. The zero-order valence-electron chi connectivity index (χ0n) is 12.5. The van der Waals surface area contributed by atoms with Gasteiger partial charge in [0.2, 0.25) is 0 Å². The van der Waals surface area contributed by atoms with E-state index in [-0.39, 0.29) is 11.5 Å². The van der Waals surface area contributed by atoms with E-state index in [1.165, 1.54) is 0 Å². The van der Waals surface area contributed by atoms with Gasteiger partial charge in [-0.15, -0.1) is 0 Å². The van der Waals surface area contributed by atoms with Crippen LogP contribution in [0.4, 0.5) is 0 Å². The van der Waals surface area contributed by atoms with Gasteiger partial charge in [-0.05, 0) is 70.9 Å². The second-order valence-corrected chi connectivity index (χ2v) is 6.87. The zero-order valence-corrected chi connectivity index (χ0v) is 15.7. The van der Waals surface area contributed by atoms with Gasteiger partial charge in [0.15, 0.2) is 5.76 Å². The van der Waals surface area contributed by atoms with E-state index in [1.807, 2.05) is 12.1 Å². The third kappa shape index (κ3) is 3.52. The first-order valence-electron chi connectivity index (χ1n) is 6.96. The van der Waals surface area contributed by atoms with Crippen LogP contribution < -0.4 is 5.43 Å². The molecule has 0 fully saturated rings. The largest absolute Gasteiger partial charge is 0.507 e. The molecule has 1 heterocycles. The topological polar surface area (TPSA) is 74.8 Å². The van der Waals surface area contributed by atoms with Crippen LogP contribution >= 0.6 is 31.9 Å². The molecule has 0 bridgehead atoms. The number of carbonyl (C=O) groups is 1. The summed E-state index contributed by atoms with van der Waals surface area (Å²) < 4.78 is 6.99. The van der Waals surface area contributed by atoms with Crippen molar-refractivity contribution in [1.82, 2.24) is 5.43 Å². The van der Waals surface area contributed by atoms with E-state index in [9.17, 15) is 9.90 Å². The molecule has 0 saturated heterocycles. The van der Waals surface area contributed by atoms with Crippen molar-refractivity contribution in [3.63, 3.8) is 0 Å². The molecule has 0 aliphatic rings. The van der Waals surface area contributed by atoms with Gasteiger partial charge >= 0.3 is 5.91 Å². The van der Waals surface area contributed by atoms with E-state index in [2.05, 4.69) is 42.4 Å². The number of hydrogen-bond acceptors (Lipinski definition) is 4. The van der Waals surface area contributed by atoms with E-state index < -0.39 is 5.91 Å². The molecule has 24 heavy (non-hydrogen) atoms. The number of fused-ring (bicyclic) bond motifs is 1. The molecule has 1 amide bonds. The van der Waals surface area contributed by atoms with Crippen molar-refractivity contribution < 1.29 is 14.3 Å². The Morgan fingerprint density at radius 3 is 2.71 bits per heavy atom. The highest BCUT2D eigenvalue weighted by Crippen LogP contribution is 2.25. The number of phenolic OH excluding ortho intramolecular Hbond substituents is 1. The number of aromatic hydroxyl groups is 1. The fraction of sp³-hybridized carbons (Fsp3) is 0.0588. The summed E-state index contributed by atoms with van der Waals surface area (Å²) in [5.74, 6) is -0.102. The number of phenols is 1. The fourth-order valence-electron chi connectivity index (χ4n) is 2.11. The van der Waals surface area contributed by atoms with Gasteiger partial charge in [-0.3, -0.25) is 4.79 Å². The summed E-state index contributed by atoms with van der Waals surface area (Å²) >= 11 is 6.62. The molecule has 3 rings (SSSR count). The molecule has 0 radical (unpaired) electrons. The summed E-state index contributed by atoms with van der Waals surface area (Å²) in [5, 5.41) is 14.4. The Morgan fingerprint density at radius 1 is 1.17 bits per heavy atom. The first-order valence-corrected chi connectivity index (χ1v) is 8.55. The molecule has 0 saturated carbocycles. The molecule has 1 aromatic heterocycles. The van der Waals surface area contributed by atoms with Crippen LogP contribution in [0.2, 0.25) is 0 Å². The quantitative estimate of drug-likeness (QED) is 0.442. The molecule has 122 valence electrons. The monoisotopic (exact) mass is 450 g/mol. The summed E-state index contributed by atoms with van der Waals surface area (Å²) in [7, 11) is 0. The van der Waals surface area contributed by atoms with Crippen LogP contribution in [-0.4, -0.2) is 16.7 Å². The van der Waals surface area contributed by atoms with Crippen molar-refractivity contribution in [1.29, 1.82) is 0 Å². The summed E-state index contributed by atoms with van der Waals surface area (Å²) in [6, 6.07) is 12.2. The number of nitrogens with zero attached hydrogens (tertiary/aromatic N) is 1. The average Bonchev–Trinajstić information content (AvgIpc) is 2.98. The standard InChI is InChI=1S/C17H12Br2N2O3/c1-9(10-2-4-14(22)13(19)7-10)20-21-17(23)16-8-11-6-12(18)3-5-15(11)24-16/h2-8,22H,1H3,(H,21,23)/b20-9+. The first-order chi connectivity index (χ1) is 11.4. The number of halogens is 2. The number of carbonyl (C=O) groups excluding carboxylic acids is 1. The van der Waals surface area contributed by atoms with Gasteiger partial charge in [0, 0.05) is 9.86 Å². The van der Waals surface area contributed by atoms with Crippen LogP contribution in [0.25, 0.3) is 11.0 Å². The second kappa shape index (κ2) is 6.78. The average molecular weight is 452 g/mol. The molecule has 3 aromatic rings. The summed E-state index contributed by atoms with van der Waals surface area (Å²) in [6.45, 7) is 1.76. The third-order valence-electron chi connectivity index (χ3n) is 3.39. The maximum Gasteiger partial charge on any atom is 0.307 e. The Balaban J connectivity index is 1.78. The third-order valence-corrected chi connectivity index (χ3v) is 4.52. The Kier molecular flexibility index (Phi) is 4.73. The van der Waals surface area contributed by atoms with E-state index in [0.717, 1.165) is 15.4 Å². The van der Waals surface area contributed by atoms with E-state index in [1.54, 1.807) is 37.3 Å². The SMILES string of the molecule is C/C(=N\NC(=O)c1cc2cc(Br)ccc2o1)c1ccc(O)c(Br)c1. The number of hydrogen-bond donors (Lipinski definition) is 2. The van der Waals surface area contributed by atoms with E-state index in [0.29, 0.717) is 15.8 Å². The normalized spacial score (nSPS) is 11.7. The molecular formula is C17H12Br2N2O3. The maximum atomic E-state index is 12.2. The molecule has 0 aliphatic heterocycles. The lowest BCUT2D eigenvalue weighted by atomic mass is 10.1. The Hall–Kier alpha value is -2.12. The highest BCUT2D eigenvalue weighted by Gasteiger charge is 2.12. The van der Waals surface area contributed by atoms with Crippen LogP contribution in [0, 0.1) is 0 Å². The van der Waals surface area contributed by atoms with Crippen molar-refractivity contribution in [2.75, 3.05) is 0 Å².